The summed E-state index contributed by atoms with van der Waals surface area (Å²) in [7, 11) is 0. The zero-order valence-electron chi connectivity index (χ0n) is 17.4. The van der Waals surface area contributed by atoms with Crippen LogP contribution in [0.5, 0.6) is 0 Å². The minimum absolute atomic E-state index is 0.134. The van der Waals surface area contributed by atoms with Crippen molar-refractivity contribution in [1.82, 2.24) is 9.88 Å². The summed E-state index contributed by atoms with van der Waals surface area (Å²) in [5.74, 6) is 2.29. The van der Waals surface area contributed by atoms with Crippen LogP contribution in [-0.4, -0.2) is 29.1 Å². The molecule has 0 aliphatic heterocycles. The lowest BCUT2D eigenvalue weighted by atomic mass is 9.84. The molecular weight excluding hydrogens is 368 g/mol. The number of hydrogen-bond donors (Lipinski definition) is 1. The third-order valence-corrected chi connectivity index (χ3v) is 6.85. The predicted molar refractivity (Wildman–Crippen MR) is 109 cm³/mol. The highest BCUT2D eigenvalue weighted by atomic mass is 16.5. The Hall–Kier alpha value is -2.50. The third kappa shape index (κ3) is 4.11. The quantitative estimate of drug-likeness (QED) is 0.719. The van der Waals surface area contributed by atoms with Gasteiger partial charge in [0.15, 0.2) is 6.61 Å². The molecule has 1 amide bonds. The molecular formula is C23H30N2O4. The van der Waals surface area contributed by atoms with E-state index in [1.807, 2.05) is 30.5 Å². The second-order valence-electron chi connectivity index (χ2n) is 8.72. The zero-order chi connectivity index (χ0) is 20.5. The largest absolute Gasteiger partial charge is 0.467 e. The molecule has 6 nitrogen and oxygen atoms in total. The first-order valence-corrected chi connectivity index (χ1v) is 10.6. The smallest absolute Gasteiger partial charge is 0.340 e. The average Bonchev–Trinajstić information content (AvgIpc) is 3.48. The number of carbonyl (C=O) groups is 2. The SMILES string of the molecule is Cc1cc(C(=O)OCC(=O)N[C@@H](C)[C@@H]2C[C@H]3CC[C@H]2C3)c(C)n1Cc1ccco1. The van der Waals surface area contributed by atoms with Gasteiger partial charge < -0.3 is 19.0 Å². The van der Waals surface area contributed by atoms with Crippen LogP contribution in [0.2, 0.25) is 0 Å². The molecule has 156 valence electrons. The molecule has 2 aliphatic carbocycles. The van der Waals surface area contributed by atoms with Gasteiger partial charge in [-0.2, -0.15) is 0 Å². The Balaban J connectivity index is 1.31. The van der Waals surface area contributed by atoms with Crippen molar-refractivity contribution >= 4 is 11.9 Å². The molecule has 2 bridgehead atoms. The van der Waals surface area contributed by atoms with Crippen LogP contribution in [0.15, 0.2) is 28.9 Å². The summed E-state index contributed by atoms with van der Waals surface area (Å²) in [4.78, 5) is 24.9. The molecule has 0 radical (unpaired) electrons. The zero-order valence-corrected chi connectivity index (χ0v) is 17.4. The van der Waals surface area contributed by atoms with Gasteiger partial charge in [-0.05, 0) is 76.0 Å². The molecule has 2 aromatic rings. The predicted octanol–water partition coefficient (Wildman–Crippen LogP) is 3.84. The second kappa shape index (κ2) is 8.09. The molecule has 1 N–H and O–H groups in total. The van der Waals surface area contributed by atoms with E-state index in [2.05, 4.69) is 12.2 Å². The molecule has 2 fully saturated rings. The second-order valence-corrected chi connectivity index (χ2v) is 8.72. The van der Waals surface area contributed by atoms with Gasteiger partial charge in [-0.15, -0.1) is 0 Å². The fraction of sp³-hybridized carbons (Fsp3) is 0.565. The number of amides is 1. The van der Waals surface area contributed by atoms with Crippen molar-refractivity contribution in [3.05, 3.63) is 47.2 Å². The van der Waals surface area contributed by atoms with Crippen molar-refractivity contribution in [2.75, 3.05) is 6.61 Å². The lowest BCUT2D eigenvalue weighted by molar-refractivity contribution is -0.125. The Morgan fingerprint density at radius 2 is 2.14 bits per heavy atom. The van der Waals surface area contributed by atoms with E-state index < -0.39 is 5.97 Å². The summed E-state index contributed by atoms with van der Waals surface area (Å²) >= 11 is 0. The first-order chi connectivity index (χ1) is 13.9. The number of esters is 1. The molecule has 2 aliphatic rings. The van der Waals surface area contributed by atoms with Gasteiger partial charge in [0.2, 0.25) is 0 Å². The summed E-state index contributed by atoms with van der Waals surface area (Å²) in [6.45, 7) is 6.21. The van der Waals surface area contributed by atoms with Gasteiger partial charge in [-0.3, -0.25) is 4.79 Å². The molecule has 6 heteroatoms. The van der Waals surface area contributed by atoms with E-state index in [9.17, 15) is 9.59 Å². The molecule has 4 rings (SSSR count). The van der Waals surface area contributed by atoms with Gasteiger partial charge in [-0.25, -0.2) is 4.79 Å². The molecule has 2 aromatic heterocycles. The van der Waals surface area contributed by atoms with Crippen LogP contribution in [0.25, 0.3) is 0 Å². The molecule has 0 spiro atoms. The lowest BCUT2D eigenvalue weighted by Gasteiger charge is -2.28. The number of nitrogens with one attached hydrogen (secondary N) is 1. The molecule has 0 saturated heterocycles. The van der Waals surface area contributed by atoms with E-state index >= 15 is 0 Å². The van der Waals surface area contributed by atoms with Crippen molar-refractivity contribution in [1.29, 1.82) is 0 Å². The Morgan fingerprint density at radius 3 is 2.79 bits per heavy atom. The Morgan fingerprint density at radius 1 is 1.31 bits per heavy atom. The molecule has 4 atom stereocenters. The van der Waals surface area contributed by atoms with Crippen molar-refractivity contribution < 1.29 is 18.7 Å². The number of ether oxygens (including phenoxy) is 1. The third-order valence-electron chi connectivity index (χ3n) is 6.85. The van der Waals surface area contributed by atoms with Crippen LogP contribution in [-0.2, 0) is 16.1 Å². The maximum absolute atomic E-state index is 12.5. The number of fused-ring (bicyclic) bond motifs is 2. The topological polar surface area (TPSA) is 73.5 Å². The van der Waals surface area contributed by atoms with Crippen molar-refractivity contribution in [3.8, 4) is 0 Å². The van der Waals surface area contributed by atoms with Crippen molar-refractivity contribution in [2.45, 2.75) is 59.0 Å². The fourth-order valence-corrected chi connectivity index (χ4v) is 5.33. The Kier molecular flexibility index (Phi) is 5.52. The maximum atomic E-state index is 12.5. The average molecular weight is 399 g/mol. The summed E-state index contributed by atoms with van der Waals surface area (Å²) in [6, 6.07) is 5.68. The van der Waals surface area contributed by atoms with E-state index in [4.69, 9.17) is 9.15 Å². The number of rotatable bonds is 7. The first-order valence-electron chi connectivity index (χ1n) is 10.6. The van der Waals surface area contributed by atoms with Crippen LogP contribution in [0, 0.1) is 31.6 Å². The number of aryl methyl sites for hydroxylation is 1. The van der Waals surface area contributed by atoms with Crippen molar-refractivity contribution in [2.24, 2.45) is 17.8 Å². The highest BCUT2D eigenvalue weighted by Crippen LogP contribution is 2.49. The van der Waals surface area contributed by atoms with E-state index in [0.717, 1.165) is 29.0 Å². The van der Waals surface area contributed by atoms with E-state index in [-0.39, 0.29) is 18.6 Å². The summed E-state index contributed by atoms with van der Waals surface area (Å²) in [5.41, 5.74) is 2.24. The monoisotopic (exact) mass is 398 g/mol. The van der Waals surface area contributed by atoms with Gasteiger partial charge in [0.05, 0.1) is 18.4 Å². The number of carbonyl (C=O) groups excluding carboxylic acids is 2. The fourth-order valence-electron chi connectivity index (χ4n) is 5.33. The molecule has 0 unspecified atom stereocenters. The van der Waals surface area contributed by atoms with E-state index in [1.165, 1.54) is 25.7 Å². The molecule has 29 heavy (non-hydrogen) atoms. The summed E-state index contributed by atoms with van der Waals surface area (Å²) in [5, 5.41) is 3.04. The van der Waals surface area contributed by atoms with Gasteiger partial charge in [0.25, 0.3) is 5.91 Å². The normalized spacial score (nSPS) is 23.9. The minimum atomic E-state index is -0.466. The van der Waals surface area contributed by atoms with Crippen LogP contribution in [0.4, 0.5) is 0 Å². The van der Waals surface area contributed by atoms with Crippen LogP contribution >= 0.6 is 0 Å². The lowest BCUT2D eigenvalue weighted by Crippen LogP contribution is -2.42. The number of aromatic nitrogens is 1. The van der Waals surface area contributed by atoms with Crippen LogP contribution in [0.1, 0.15) is 60.1 Å². The number of furan rings is 1. The Labute approximate surface area is 171 Å². The van der Waals surface area contributed by atoms with Crippen LogP contribution in [0.3, 0.4) is 0 Å². The summed E-state index contributed by atoms with van der Waals surface area (Å²) in [6.07, 6.45) is 6.80. The highest BCUT2D eigenvalue weighted by Gasteiger charge is 2.42. The van der Waals surface area contributed by atoms with E-state index in [1.54, 1.807) is 12.3 Å². The number of hydrogen-bond acceptors (Lipinski definition) is 4. The minimum Gasteiger partial charge on any atom is -0.467 e. The molecule has 2 saturated carbocycles. The Bertz CT molecular complexity index is 883. The number of nitrogens with zero attached hydrogens (tertiary/aromatic N) is 1. The first kappa shape index (κ1) is 19.8. The van der Waals surface area contributed by atoms with Gasteiger partial charge in [0.1, 0.15) is 5.76 Å². The molecule has 0 aromatic carbocycles. The summed E-state index contributed by atoms with van der Waals surface area (Å²) < 4.78 is 12.7. The highest BCUT2D eigenvalue weighted by molar-refractivity contribution is 5.92. The maximum Gasteiger partial charge on any atom is 0.340 e. The van der Waals surface area contributed by atoms with Gasteiger partial charge >= 0.3 is 5.97 Å². The standard InChI is InChI=1S/C23H30N2O4/c1-14-9-21(16(3)25(14)12-19-5-4-8-28-19)23(27)29-13-22(26)24-15(2)20-11-17-6-7-18(20)10-17/h4-5,8-9,15,17-18,20H,6-7,10-13H2,1-3H3,(H,24,26)/t15-,17-,18-,20-/m0/s1. The van der Waals surface area contributed by atoms with E-state index in [0.29, 0.717) is 18.0 Å². The molecule has 2 heterocycles. The van der Waals surface area contributed by atoms with Crippen LogP contribution < -0.4 is 5.32 Å². The van der Waals surface area contributed by atoms with Crippen molar-refractivity contribution in [3.63, 3.8) is 0 Å². The van der Waals surface area contributed by atoms with Gasteiger partial charge in [0, 0.05) is 17.4 Å². The van der Waals surface area contributed by atoms with Gasteiger partial charge in [-0.1, -0.05) is 6.42 Å².